The summed E-state index contributed by atoms with van der Waals surface area (Å²) in [5, 5.41) is 35.7. The minimum absolute atomic E-state index is 0.0186. The van der Waals surface area contributed by atoms with E-state index < -0.39 is 17.7 Å². The number of nitrogens with one attached hydrogen (secondary N) is 3. The van der Waals surface area contributed by atoms with Crippen LogP contribution in [0.2, 0.25) is 0 Å². The Balaban J connectivity index is 0.000000139. The van der Waals surface area contributed by atoms with Crippen molar-refractivity contribution in [3.8, 4) is 17.1 Å². The number of nitrogens with zero attached hydrogens (tertiary/aromatic N) is 18. The smallest absolute Gasteiger partial charge is 0.364 e. The molecule has 0 radical (unpaired) electrons. The molecule has 3 saturated heterocycles. The average molecular weight is 1230 g/mol. The maximum absolute atomic E-state index is 13.5. The number of alkyl halides is 3. The summed E-state index contributed by atoms with van der Waals surface area (Å²) in [6, 6.07) is 29.3. The van der Waals surface area contributed by atoms with Crippen molar-refractivity contribution in [2.24, 2.45) is 0 Å². The summed E-state index contributed by atoms with van der Waals surface area (Å²) in [6.45, 7) is 7.90. The molecule has 28 heteroatoms. The Morgan fingerprint density at radius 3 is 1.27 bits per heavy atom. The van der Waals surface area contributed by atoms with Gasteiger partial charge < -0.3 is 30.7 Å². The Morgan fingerprint density at radius 1 is 0.456 bits per heavy atom. The van der Waals surface area contributed by atoms with Gasteiger partial charge in [0.05, 0.1) is 101 Å². The number of hydrogen-bond acceptors (Lipinski definition) is 18. The number of likely N-dealkylation sites (tertiary alicyclic amines) is 3. The first-order chi connectivity index (χ1) is 43.7. The number of benzene rings is 4. The number of amides is 3. The molecule has 24 nitrogen and oxygen atoms in total. The van der Waals surface area contributed by atoms with Crippen LogP contribution in [-0.4, -0.2) is 163 Å². The summed E-state index contributed by atoms with van der Waals surface area (Å²) in [5.41, 5.74) is 3.36. The quantitative estimate of drug-likeness (QED) is 0.0964. The molecule has 0 unspecified atom stereocenters. The number of piperidine rings is 3. The van der Waals surface area contributed by atoms with E-state index in [4.69, 9.17) is 0 Å². The number of carbonyl (C=O) groups excluding carboxylic acids is 3. The molecule has 3 fully saturated rings. The summed E-state index contributed by atoms with van der Waals surface area (Å²) < 4.78 is 51.1. The highest BCUT2D eigenvalue weighted by Gasteiger charge is 2.37. The highest BCUT2D eigenvalue weighted by molar-refractivity contribution is 5.99. The van der Waals surface area contributed by atoms with E-state index in [1.807, 2.05) is 103 Å². The minimum atomic E-state index is -4.54. The van der Waals surface area contributed by atoms with Crippen LogP contribution in [-0.2, 0) is 6.18 Å². The zero-order valence-corrected chi connectivity index (χ0v) is 49.2. The predicted molar refractivity (Wildman–Crippen MR) is 324 cm³/mol. The number of hydrogen-bond donors (Lipinski definition) is 3. The van der Waals surface area contributed by atoms with Gasteiger partial charge in [-0.2, -0.15) is 58.2 Å². The molecule has 10 aromatic rings. The fourth-order valence-corrected chi connectivity index (χ4v) is 11.3. The zero-order valence-electron chi connectivity index (χ0n) is 49.2. The average Bonchev–Trinajstić information content (AvgIpc) is 1.79. The number of aromatic nitrogens is 15. The molecule has 3 aliphatic heterocycles. The fraction of sp³-hybridized carbons (Fsp3) is 0.306. The summed E-state index contributed by atoms with van der Waals surface area (Å²) in [6.07, 6.45) is 15.8. The van der Waals surface area contributed by atoms with Crippen molar-refractivity contribution < 1.29 is 31.9 Å². The molecule has 3 amide bonds. The second-order valence-electron chi connectivity index (χ2n) is 21.7. The molecule has 0 saturated carbocycles. The molecular weight excluding hydrogens is 1160 g/mol. The number of carbonyl (C=O) groups is 3. The standard InChI is InChI=1S/C23H23N7O.C20H20F3N7O.C19H20FN7O/c1-16-19(27-23-24-15-17-7-2-4-9-20(17)28-23)10-6-14-29(16)22(31)18-8-3-5-11-21(18)30-25-12-13-26-30;1-13-15(28-18-12-24-17(11-25-18)20(21,22)23)6-4-10-29(13)19(31)14-5-2-3-7-16(14)30-26-8-9-27-30;1-13-16(25-19-21-11-14(20)12-22-19)6-4-10-26(13)18(28)15-5-2-3-7-17(15)27-23-8-9-24-27/h2-5,7-9,11-13,15-16,19H,6,10,14H2,1H3,(H,24,27,28);2-3,5,7-9,11-13,15H,4,6,10H2,1H3,(H,25,28);2-3,5,7-9,11-13,16H,4,6,10H2,1H3,(H,21,22,25)/t16-,19+;13-,15+;13-,16+/m000/s1. The van der Waals surface area contributed by atoms with Crippen molar-refractivity contribution in [3.63, 3.8) is 0 Å². The van der Waals surface area contributed by atoms with E-state index in [1.54, 1.807) is 54.0 Å². The van der Waals surface area contributed by atoms with Crippen LogP contribution in [0.1, 0.15) is 96.1 Å². The van der Waals surface area contributed by atoms with Crippen molar-refractivity contribution >= 4 is 46.3 Å². The first-order valence-electron chi connectivity index (χ1n) is 29.4. The highest BCUT2D eigenvalue weighted by atomic mass is 19.4. The molecule has 9 heterocycles. The van der Waals surface area contributed by atoms with Crippen LogP contribution in [0.3, 0.4) is 0 Å². The van der Waals surface area contributed by atoms with E-state index in [2.05, 4.69) is 83.4 Å². The van der Waals surface area contributed by atoms with Gasteiger partial charge in [0.1, 0.15) is 5.82 Å². The number of rotatable bonds is 12. The summed E-state index contributed by atoms with van der Waals surface area (Å²) in [4.78, 5) is 74.3. The summed E-state index contributed by atoms with van der Waals surface area (Å²) >= 11 is 0. The van der Waals surface area contributed by atoms with Crippen LogP contribution in [0.25, 0.3) is 28.0 Å². The lowest BCUT2D eigenvalue weighted by Gasteiger charge is -2.40. The van der Waals surface area contributed by atoms with Crippen LogP contribution in [0.4, 0.5) is 35.3 Å². The van der Waals surface area contributed by atoms with Gasteiger partial charge in [-0.05, 0) is 102 Å². The maximum Gasteiger partial charge on any atom is 0.434 e. The third-order valence-corrected chi connectivity index (χ3v) is 16.1. The van der Waals surface area contributed by atoms with Gasteiger partial charge in [-0.1, -0.05) is 54.6 Å². The van der Waals surface area contributed by atoms with Crippen LogP contribution >= 0.6 is 0 Å². The highest BCUT2D eigenvalue weighted by Crippen LogP contribution is 2.30. The van der Waals surface area contributed by atoms with E-state index in [9.17, 15) is 31.9 Å². The second-order valence-corrected chi connectivity index (χ2v) is 21.7. The van der Waals surface area contributed by atoms with Gasteiger partial charge >= 0.3 is 6.18 Å². The van der Waals surface area contributed by atoms with Gasteiger partial charge in [0.25, 0.3) is 17.7 Å². The molecular formula is C62H63F4N21O3. The lowest BCUT2D eigenvalue weighted by Crippen LogP contribution is -2.52. The molecule has 462 valence electrons. The van der Waals surface area contributed by atoms with Gasteiger partial charge in [0.2, 0.25) is 11.9 Å². The third-order valence-electron chi connectivity index (χ3n) is 16.1. The van der Waals surface area contributed by atoms with E-state index in [0.717, 1.165) is 68.0 Å². The third kappa shape index (κ3) is 14.0. The molecule has 0 aliphatic carbocycles. The first-order valence-corrected chi connectivity index (χ1v) is 29.4. The first kappa shape index (κ1) is 61.0. The Labute approximate surface area is 513 Å². The maximum atomic E-state index is 13.5. The molecule has 6 aromatic heterocycles. The normalized spacial score (nSPS) is 19.2. The molecule has 13 rings (SSSR count). The van der Waals surface area contributed by atoms with Gasteiger partial charge in [0.15, 0.2) is 11.5 Å². The van der Waals surface area contributed by atoms with Crippen LogP contribution in [0.15, 0.2) is 165 Å². The summed E-state index contributed by atoms with van der Waals surface area (Å²) in [7, 11) is 0. The van der Waals surface area contributed by atoms with Crippen LogP contribution in [0.5, 0.6) is 0 Å². The number of anilines is 3. The second kappa shape index (κ2) is 27.6. The Hall–Kier alpha value is -10.7. The largest absolute Gasteiger partial charge is 0.434 e. The topological polar surface area (TPSA) is 266 Å². The van der Waals surface area contributed by atoms with Crippen molar-refractivity contribution in [2.45, 2.75) is 102 Å². The van der Waals surface area contributed by atoms with Gasteiger partial charge in [-0.3, -0.25) is 14.4 Å². The lowest BCUT2D eigenvalue weighted by molar-refractivity contribution is -0.141. The van der Waals surface area contributed by atoms with Crippen molar-refractivity contribution in [1.82, 2.24) is 89.6 Å². The molecule has 0 spiro atoms. The summed E-state index contributed by atoms with van der Waals surface area (Å²) in [5.74, 6) is 0.437. The van der Waals surface area contributed by atoms with Gasteiger partial charge in [-0.15, -0.1) is 0 Å². The molecule has 6 atom stereocenters. The predicted octanol–water partition coefficient (Wildman–Crippen LogP) is 8.80. The SMILES string of the molecule is C[C@H]1[C@H](Nc2cnc(C(F)(F)F)cn2)CCCN1C(=O)c1ccccc1-n1nccn1.C[C@H]1[C@H](Nc2ncc(F)cn2)CCCN1C(=O)c1ccccc1-n1nccn1.C[C@H]1[C@H](Nc2ncc3ccccc3n2)CCCN1C(=O)c1ccccc1-n1nccn1. The van der Waals surface area contributed by atoms with Gasteiger partial charge in [0, 0.05) is 67.5 Å². The minimum Gasteiger partial charge on any atom is -0.364 e. The molecule has 3 aliphatic rings. The van der Waals surface area contributed by atoms with E-state index in [0.29, 0.717) is 71.5 Å². The van der Waals surface area contributed by atoms with E-state index in [1.165, 1.54) is 26.8 Å². The molecule has 3 N–H and O–H groups in total. The van der Waals surface area contributed by atoms with Crippen LogP contribution < -0.4 is 16.0 Å². The van der Waals surface area contributed by atoms with Crippen molar-refractivity contribution in [3.05, 3.63) is 193 Å². The van der Waals surface area contributed by atoms with Crippen LogP contribution in [0, 0.1) is 5.82 Å². The van der Waals surface area contributed by atoms with Crippen molar-refractivity contribution in [2.75, 3.05) is 35.6 Å². The number of halogens is 4. The Morgan fingerprint density at radius 2 is 0.844 bits per heavy atom. The molecule has 4 aromatic carbocycles. The fourth-order valence-electron chi connectivity index (χ4n) is 11.3. The van der Waals surface area contributed by atoms with Crippen molar-refractivity contribution in [1.29, 1.82) is 0 Å². The molecule has 0 bridgehead atoms. The Kier molecular flexibility index (Phi) is 18.7. The van der Waals surface area contributed by atoms with E-state index in [-0.39, 0.29) is 59.8 Å². The Bertz CT molecular complexity index is 4010. The lowest BCUT2D eigenvalue weighted by atomic mass is 9.96. The number of fused-ring (bicyclic) bond motifs is 1. The van der Waals surface area contributed by atoms with E-state index >= 15 is 0 Å². The van der Waals surface area contributed by atoms with Gasteiger partial charge in [-0.25, -0.2) is 34.3 Å². The molecule has 90 heavy (non-hydrogen) atoms. The zero-order chi connectivity index (χ0) is 62.7. The number of para-hydroxylation sites is 4. The monoisotopic (exact) mass is 1230 g/mol.